The molecule has 2 heterocycles. The number of thiophene rings is 1. The Morgan fingerprint density at radius 2 is 2.43 bits per heavy atom. The van der Waals surface area contributed by atoms with Crippen LogP contribution in [0, 0.1) is 0 Å². The molecule has 0 saturated heterocycles. The molecule has 1 aromatic rings. The van der Waals surface area contributed by atoms with Gasteiger partial charge in [0.05, 0.1) is 4.11 Å². The summed E-state index contributed by atoms with van der Waals surface area (Å²) in [5.41, 5.74) is -0.114. The van der Waals surface area contributed by atoms with Gasteiger partial charge in [0.25, 0.3) is 10.0 Å². The largest absolute Gasteiger partial charge is 0.385 e. The second-order valence-corrected chi connectivity index (χ2v) is 9.71. The van der Waals surface area contributed by atoms with Crippen LogP contribution in [0.25, 0.3) is 0 Å². The van der Waals surface area contributed by atoms with Crippen molar-refractivity contribution in [3.8, 4) is 0 Å². The van der Waals surface area contributed by atoms with Crippen molar-refractivity contribution in [2.75, 3.05) is 33.2 Å². The molecule has 8 nitrogen and oxygen atoms in total. The van der Waals surface area contributed by atoms with Crippen molar-refractivity contribution >= 4 is 31.4 Å². The first-order valence-corrected chi connectivity index (χ1v) is 10.1. The number of nitrogens with two attached hydrogens (primary N) is 1. The van der Waals surface area contributed by atoms with Gasteiger partial charge in [-0.1, -0.05) is 6.85 Å². The highest BCUT2D eigenvalue weighted by molar-refractivity contribution is 7.94. The molecule has 132 valence electrons. The molecule has 3 N–H and O–H groups in total. The number of rotatable bonds is 7. The van der Waals surface area contributed by atoms with Crippen molar-refractivity contribution in [1.29, 1.82) is 0 Å². The van der Waals surface area contributed by atoms with Crippen LogP contribution in [0.15, 0.2) is 14.5 Å². The average molecular weight is 392 g/mol. The number of nitrogens with one attached hydrogen (secondary N) is 1. The third-order valence-corrected chi connectivity index (χ3v) is 8.18. The summed E-state index contributed by atoms with van der Waals surface area (Å²) < 4.78 is 113. The molecule has 0 spiro atoms. The van der Waals surface area contributed by atoms with Gasteiger partial charge in [0.2, 0.25) is 10.0 Å². The average Bonchev–Trinajstić information content (AvgIpc) is 3.00. The van der Waals surface area contributed by atoms with E-state index >= 15 is 0 Å². The smallest absolute Gasteiger partial charge is 0.252 e. The second kappa shape index (κ2) is 7.13. The van der Waals surface area contributed by atoms with Gasteiger partial charge in [-0.05, 0) is 19.0 Å². The summed E-state index contributed by atoms with van der Waals surface area (Å²) in [6, 6.07) is -0.223. The zero-order valence-electron chi connectivity index (χ0n) is 19.8. The number of hydrogen-bond acceptors (Lipinski definition) is 7. The molecule has 1 atom stereocenters. The van der Waals surface area contributed by atoms with Gasteiger partial charge in [-0.25, -0.2) is 22.0 Å². The summed E-state index contributed by atoms with van der Waals surface area (Å²) in [5, 5.41) is 7.35. The number of primary sulfonamides is 1. The highest BCUT2D eigenvalue weighted by Gasteiger charge is 2.39. The summed E-state index contributed by atoms with van der Waals surface area (Å²) in [6.45, 7) is -6.96. The number of methoxy groups -OCH3 is 1. The monoisotopic (exact) mass is 391 g/mol. The molecule has 0 radical (unpaired) electrons. The number of fused-ring (bicyclic) bond motifs is 1. The van der Waals surface area contributed by atoms with E-state index in [-0.39, 0.29) is 25.1 Å². The fourth-order valence-corrected chi connectivity index (χ4v) is 6.51. The van der Waals surface area contributed by atoms with E-state index in [1.54, 1.807) is 0 Å². The molecule has 1 aliphatic rings. The number of hydrogen-bond donors (Lipinski definition) is 2. The van der Waals surface area contributed by atoms with Crippen LogP contribution >= 0.6 is 11.3 Å². The van der Waals surface area contributed by atoms with Crippen LogP contribution in [0.5, 0.6) is 0 Å². The molecule has 0 fully saturated rings. The summed E-state index contributed by atoms with van der Waals surface area (Å²) in [4.78, 5) is 0. The van der Waals surface area contributed by atoms with Gasteiger partial charge in [-0.15, -0.1) is 11.3 Å². The molecule has 23 heavy (non-hydrogen) atoms. The first kappa shape index (κ1) is 10.4. The molecular formula is C12H21N3O5S3. The Bertz CT molecular complexity index is 1020. The van der Waals surface area contributed by atoms with Crippen molar-refractivity contribution in [3.05, 3.63) is 11.6 Å². The predicted octanol–water partition coefficient (Wildman–Crippen LogP) is 0.0869. The fraction of sp³-hybridized carbons (Fsp3) is 0.667. The Labute approximate surface area is 152 Å². The van der Waals surface area contributed by atoms with Crippen molar-refractivity contribution < 1.29 is 32.5 Å². The molecular weight excluding hydrogens is 362 g/mol. The van der Waals surface area contributed by atoms with Crippen LogP contribution in [-0.4, -0.2) is 54.4 Å². The molecule has 0 unspecified atom stereocenters. The third kappa shape index (κ3) is 3.92. The Balaban J connectivity index is 2.41. The van der Waals surface area contributed by atoms with Gasteiger partial charge in [0.1, 0.15) is 8.42 Å². The predicted molar refractivity (Wildman–Crippen MR) is 87.4 cm³/mol. The van der Waals surface area contributed by atoms with Crippen molar-refractivity contribution in [2.24, 2.45) is 5.14 Å². The minimum atomic E-state index is -4.28. The highest BCUT2D eigenvalue weighted by atomic mass is 32.3. The number of ether oxygens (including phenoxy) is 1. The molecule has 1 aliphatic heterocycles. The van der Waals surface area contributed by atoms with E-state index in [2.05, 4.69) is 10.1 Å². The van der Waals surface area contributed by atoms with E-state index in [9.17, 15) is 16.8 Å². The lowest BCUT2D eigenvalue weighted by Gasteiger charge is -2.32. The molecule has 0 amide bonds. The maximum absolute atomic E-state index is 13.0. The SMILES string of the molecule is [2H]C([2H])([2H])OCCCN1C[C@H](NC([2H])([2H])C([2H])([2H])[2H])c2cc(S(N)(=O)=O)sc2S1(=O)=O. The van der Waals surface area contributed by atoms with Crippen LogP contribution in [0.2, 0.25) is 0 Å². The van der Waals surface area contributed by atoms with E-state index in [1.807, 2.05) is 0 Å². The van der Waals surface area contributed by atoms with Crippen molar-refractivity contribution in [1.82, 2.24) is 9.62 Å². The molecule has 0 aromatic carbocycles. The second-order valence-electron chi connectivity index (χ2n) is 4.74. The number of likely N-dealkylation sites (N-methyl/N-ethyl adjacent to an activating group) is 1. The summed E-state index contributed by atoms with van der Waals surface area (Å²) in [7, 11) is -11.2. The molecule has 0 saturated carbocycles. The summed E-state index contributed by atoms with van der Waals surface area (Å²) >= 11 is 0.367. The highest BCUT2D eigenvalue weighted by Crippen LogP contribution is 2.39. The Morgan fingerprint density at radius 3 is 3.09 bits per heavy atom. The van der Waals surface area contributed by atoms with E-state index in [0.29, 0.717) is 11.3 Å². The lowest BCUT2D eigenvalue weighted by atomic mass is 10.1. The molecule has 1 aromatic heterocycles. The fourth-order valence-electron chi connectivity index (χ4n) is 2.20. The number of nitrogens with zero attached hydrogens (tertiary/aromatic N) is 1. The van der Waals surface area contributed by atoms with Crippen molar-refractivity contribution in [3.63, 3.8) is 0 Å². The van der Waals surface area contributed by atoms with Gasteiger partial charge in [-0.2, -0.15) is 4.31 Å². The summed E-state index contributed by atoms with van der Waals surface area (Å²) in [5.74, 6) is 0. The van der Waals surface area contributed by atoms with Gasteiger partial charge >= 0.3 is 0 Å². The molecule has 2 rings (SSSR count). The molecule has 0 bridgehead atoms. The van der Waals surface area contributed by atoms with Gasteiger partial charge in [0.15, 0.2) is 0 Å². The van der Waals surface area contributed by atoms with Crippen LogP contribution in [0.1, 0.15) is 35.8 Å². The van der Waals surface area contributed by atoms with Crippen LogP contribution in [-0.2, 0) is 24.8 Å². The minimum absolute atomic E-state index is 0.0285. The quantitative estimate of drug-likeness (QED) is 0.636. The minimum Gasteiger partial charge on any atom is -0.385 e. The third-order valence-electron chi connectivity index (χ3n) is 3.22. The van der Waals surface area contributed by atoms with Crippen LogP contribution in [0.3, 0.4) is 0 Å². The van der Waals surface area contributed by atoms with E-state index in [1.165, 1.54) is 0 Å². The van der Waals surface area contributed by atoms with Crippen LogP contribution in [0.4, 0.5) is 0 Å². The van der Waals surface area contributed by atoms with Crippen LogP contribution < -0.4 is 10.5 Å². The summed E-state index contributed by atoms with van der Waals surface area (Å²) in [6.07, 6.45) is -0.0285. The Kier molecular flexibility index (Phi) is 3.24. The Morgan fingerprint density at radius 1 is 1.65 bits per heavy atom. The van der Waals surface area contributed by atoms with Crippen molar-refractivity contribution in [2.45, 2.75) is 27.7 Å². The molecule has 0 aliphatic carbocycles. The number of sulfonamides is 2. The first-order valence-electron chi connectivity index (χ1n) is 10.3. The van der Waals surface area contributed by atoms with E-state index < -0.39 is 61.4 Å². The van der Waals surface area contributed by atoms with E-state index in [4.69, 9.17) is 16.1 Å². The normalized spacial score (nSPS) is 28.1. The molecule has 11 heteroatoms. The lowest BCUT2D eigenvalue weighted by molar-refractivity contribution is 0.185. The maximum Gasteiger partial charge on any atom is 0.252 e. The first-order chi connectivity index (χ1) is 13.8. The topological polar surface area (TPSA) is 119 Å². The lowest BCUT2D eigenvalue weighted by Crippen LogP contribution is -2.43. The van der Waals surface area contributed by atoms with Gasteiger partial charge < -0.3 is 10.1 Å². The Hall–Kier alpha value is -0.560. The standard InChI is InChI=1S/C12H21N3O5S3/c1-3-14-10-8-15(5-4-6-20-2)23(18,19)12-9(10)7-11(21-12)22(13,16)17/h7,10,14H,3-6,8H2,1-2H3,(H2,13,16,17)/t10-/m0/s1/i1D3,2D3,3D2. The zero-order valence-corrected chi connectivity index (χ0v) is 14.2. The zero-order chi connectivity index (χ0) is 24.0. The van der Waals surface area contributed by atoms with Gasteiger partial charge in [0, 0.05) is 45.2 Å². The van der Waals surface area contributed by atoms with Gasteiger partial charge in [-0.3, -0.25) is 0 Å². The van der Waals surface area contributed by atoms with E-state index in [0.717, 1.165) is 10.4 Å². The maximum atomic E-state index is 13.0.